The van der Waals surface area contributed by atoms with Gasteiger partial charge in [-0.05, 0) is 23.6 Å². The summed E-state index contributed by atoms with van der Waals surface area (Å²) in [4.78, 5) is 23.1. The molecule has 0 bridgehead atoms. The zero-order valence-corrected chi connectivity index (χ0v) is 13.2. The third-order valence-electron chi connectivity index (χ3n) is 2.86. The minimum Gasteiger partial charge on any atom is -0.350 e. The van der Waals surface area contributed by atoms with Gasteiger partial charge in [0.1, 0.15) is 11.6 Å². The van der Waals surface area contributed by atoms with Gasteiger partial charge in [0.15, 0.2) is 0 Å². The number of hydrogen-bond donors (Lipinski definition) is 3. The van der Waals surface area contributed by atoms with Crippen LogP contribution in [0.3, 0.4) is 0 Å². The van der Waals surface area contributed by atoms with Crippen LogP contribution in [0, 0.1) is 17.6 Å². The Morgan fingerprint density at radius 2 is 1.68 bits per heavy atom. The third kappa shape index (κ3) is 6.82. The molecule has 0 aliphatic rings. The van der Waals surface area contributed by atoms with Crippen LogP contribution in [0.4, 0.5) is 8.78 Å². The highest BCUT2D eigenvalue weighted by molar-refractivity contribution is 5.87. The quantitative estimate of drug-likeness (QED) is 0.728. The largest absolute Gasteiger partial charge is 0.350 e. The predicted octanol–water partition coefficient (Wildman–Crippen LogP) is 1.10. The number of carbonyl (C=O) groups is 2. The van der Waals surface area contributed by atoms with Crippen LogP contribution < -0.4 is 16.4 Å². The summed E-state index contributed by atoms with van der Waals surface area (Å²) in [5, 5.41) is 4.85. The predicted molar refractivity (Wildman–Crippen MR) is 81.3 cm³/mol. The minimum absolute atomic E-state index is 0. The van der Waals surface area contributed by atoms with Gasteiger partial charge in [0.05, 0.1) is 12.6 Å². The van der Waals surface area contributed by atoms with E-state index in [0.717, 1.165) is 18.2 Å². The Hall–Kier alpha value is -1.73. The molecule has 5 nitrogen and oxygen atoms in total. The van der Waals surface area contributed by atoms with E-state index in [4.69, 9.17) is 5.73 Å². The van der Waals surface area contributed by atoms with E-state index in [0.29, 0.717) is 5.56 Å². The molecule has 0 heterocycles. The Bertz CT molecular complexity index is 507. The maximum Gasteiger partial charge on any atom is 0.239 e. The molecule has 0 aliphatic carbocycles. The molecule has 0 radical (unpaired) electrons. The topological polar surface area (TPSA) is 84.2 Å². The van der Waals surface area contributed by atoms with Crippen molar-refractivity contribution in [1.29, 1.82) is 0 Å². The van der Waals surface area contributed by atoms with Crippen molar-refractivity contribution in [2.24, 2.45) is 11.7 Å². The normalized spacial score (nSPS) is 11.5. The van der Waals surface area contributed by atoms with Gasteiger partial charge >= 0.3 is 0 Å². The number of benzene rings is 1. The van der Waals surface area contributed by atoms with E-state index in [-0.39, 0.29) is 31.4 Å². The van der Waals surface area contributed by atoms with Gasteiger partial charge in [-0.2, -0.15) is 0 Å². The molecule has 0 unspecified atom stereocenters. The van der Waals surface area contributed by atoms with Gasteiger partial charge in [-0.3, -0.25) is 9.59 Å². The van der Waals surface area contributed by atoms with Crippen LogP contribution in [-0.2, 0) is 16.1 Å². The zero-order valence-electron chi connectivity index (χ0n) is 12.4. The van der Waals surface area contributed by atoms with Gasteiger partial charge in [-0.25, -0.2) is 8.78 Å². The van der Waals surface area contributed by atoms with E-state index in [1.54, 1.807) is 13.8 Å². The monoisotopic (exact) mass is 335 g/mol. The zero-order chi connectivity index (χ0) is 16.0. The first-order valence-electron chi connectivity index (χ1n) is 6.54. The summed E-state index contributed by atoms with van der Waals surface area (Å²) in [7, 11) is 0. The number of nitrogens with one attached hydrogen (secondary N) is 2. The van der Waals surface area contributed by atoms with Gasteiger partial charge in [0.25, 0.3) is 0 Å². The average molecular weight is 336 g/mol. The maximum absolute atomic E-state index is 12.9. The van der Waals surface area contributed by atoms with Crippen molar-refractivity contribution in [3.05, 3.63) is 35.4 Å². The lowest BCUT2D eigenvalue weighted by Crippen LogP contribution is -2.47. The van der Waals surface area contributed by atoms with E-state index in [2.05, 4.69) is 10.6 Å². The van der Waals surface area contributed by atoms with E-state index in [1.807, 2.05) is 0 Å². The van der Waals surface area contributed by atoms with Crippen molar-refractivity contribution in [2.75, 3.05) is 6.54 Å². The molecule has 0 saturated heterocycles. The number of hydrogen-bond acceptors (Lipinski definition) is 3. The molecule has 0 aromatic heterocycles. The Morgan fingerprint density at radius 3 is 2.18 bits per heavy atom. The molecule has 8 heteroatoms. The number of nitrogens with two attached hydrogens (primary N) is 1. The Labute approximate surface area is 134 Å². The summed E-state index contributed by atoms with van der Waals surface area (Å²) < 4.78 is 25.9. The Morgan fingerprint density at radius 1 is 1.14 bits per heavy atom. The van der Waals surface area contributed by atoms with E-state index < -0.39 is 29.5 Å². The maximum atomic E-state index is 12.9. The smallest absolute Gasteiger partial charge is 0.239 e. The lowest BCUT2D eigenvalue weighted by Gasteiger charge is -2.15. The fourth-order valence-electron chi connectivity index (χ4n) is 1.56. The molecule has 2 amide bonds. The van der Waals surface area contributed by atoms with Crippen LogP contribution in [0.15, 0.2) is 18.2 Å². The number of amides is 2. The second-order valence-electron chi connectivity index (χ2n) is 5.04. The highest BCUT2D eigenvalue weighted by Crippen LogP contribution is 2.07. The fraction of sp³-hybridized carbons (Fsp3) is 0.429. The first-order valence-corrected chi connectivity index (χ1v) is 6.54. The molecule has 124 valence electrons. The van der Waals surface area contributed by atoms with E-state index >= 15 is 0 Å². The number of rotatable bonds is 6. The van der Waals surface area contributed by atoms with Crippen LogP contribution in [0.25, 0.3) is 0 Å². The average Bonchev–Trinajstić information content (AvgIpc) is 2.40. The second kappa shape index (κ2) is 9.32. The Balaban J connectivity index is 0.00000441. The fourth-order valence-corrected chi connectivity index (χ4v) is 1.56. The highest BCUT2D eigenvalue weighted by atomic mass is 35.5. The van der Waals surface area contributed by atoms with Crippen LogP contribution in [0.2, 0.25) is 0 Å². The summed E-state index contributed by atoms with van der Waals surface area (Å²) in [6.07, 6.45) is 0. The van der Waals surface area contributed by atoms with E-state index in [9.17, 15) is 18.4 Å². The van der Waals surface area contributed by atoms with Crippen molar-refractivity contribution in [3.63, 3.8) is 0 Å². The molecule has 0 saturated carbocycles. The third-order valence-corrected chi connectivity index (χ3v) is 2.86. The first-order chi connectivity index (χ1) is 9.79. The van der Waals surface area contributed by atoms with Gasteiger partial charge in [0, 0.05) is 12.6 Å². The number of carbonyl (C=O) groups excluding carboxylic acids is 2. The molecular weight excluding hydrogens is 316 g/mol. The molecule has 1 aromatic rings. The lowest BCUT2D eigenvalue weighted by atomic mass is 10.1. The van der Waals surface area contributed by atoms with E-state index in [1.165, 1.54) is 0 Å². The van der Waals surface area contributed by atoms with Crippen molar-refractivity contribution in [3.8, 4) is 0 Å². The van der Waals surface area contributed by atoms with Crippen molar-refractivity contribution in [2.45, 2.75) is 26.4 Å². The molecule has 0 aliphatic heterocycles. The van der Waals surface area contributed by atoms with Crippen LogP contribution >= 0.6 is 12.4 Å². The summed E-state index contributed by atoms with van der Waals surface area (Å²) in [5.74, 6) is -2.35. The molecule has 22 heavy (non-hydrogen) atoms. The molecule has 0 spiro atoms. The standard InChI is InChI=1S/C14H19F2N3O2.ClH/c1-8(2)13(17)14(21)19-7-12(20)18-6-9-3-10(15)5-11(16)4-9;/h3-5,8,13H,6-7,17H2,1-2H3,(H,18,20)(H,19,21);1H/t13-;/m0./s1. The van der Waals surface area contributed by atoms with Gasteiger partial charge in [0.2, 0.25) is 11.8 Å². The van der Waals surface area contributed by atoms with Gasteiger partial charge in [-0.15, -0.1) is 12.4 Å². The number of halogens is 3. The summed E-state index contributed by atoms with van der Waals surface area (Å²) >= 11 is 0. The molecule has 1 atom stereocenters. The van der Waals surface area contributed by atoms with Crippen molar-refractivity contribution in [1.82, 2.24) is 10.6 Å². The summed E-state index contributed by atoms with van der Waals surface area (Å²) in [5.41, 5.74) is 5.91. The lowest BCUT2D eigenvalue weighted by molar-refractivity contribution is -0.127. The highest BCUT2D eigenvalue weighted by Gasteiger charge is 2.17. The minimum atomic E-state index is -0.713. The molecule has 1 rings (SSSR count). The van der Waals surface area contributed by atoms with Crippen LogP contribution in [0.1, 0.15) is 19.4 Å². The second-order valence-corrected chi connectivity index (χ2v) is 5.04. The molecular formula is C14H20ClF2N3O2. The summed E-state index contributed by atoms with van der Waals surface area (Å²) in [6, 6.07) is 2.31. The van der Waals surface area contributed by atoms with Gasteiger partial charge in [-0.1, -0.05) is 13.8 Å². The summed E-state index contributed by atoms with van der Waals surface area (Å²) in [6.45, 7) is 3.32. The molecule has 1 aromatic carbocycles. The van der Waals surface area contributed by atoms with Crippen molar-refractivity contribution < 1.29 is 18.4 Å². The SMILES string of the molecule is CC(C)[C@H](N)C(=O)NCC(=O)NCc1cc(F)cc(F)c1.Cl. The van der Waals surface area contributed by atoms with Gasteiger partial charge < -0.3 is 16.4 Å². The van der Waals surface area contributed by atoms with Crippen molar-refractivity contribution >= 4 is 24.2 Å². The molecule has 4 N–H and O–H groups in total. The molecule has 0 fully saturated rings. The first kappa shape index (κ1) is 20.3. The van der Waals surface area contributed by atoms with Crippen LogP contribution in [-0.4, -0.2) is 24.4 Å². The van der Waals surface area contributed by atoms with Crippen LogP contribution in [0.5, 0.6) is 0 Å². The Kier molecular flexibility index (Phi) is 8.59.